The maximum Gasteiger partial charge on any atom is 0.261 e. The molecule has 0 aromatic heterocycles. The number of amides is 1. The Bertz CT molecular complexity index is 464. The molecule has 0 aliphatic heterocycles. The number of carbonyl (C=O) groups is 1. The van der Waals surface area contributed by atoms with Crippen molar-refractivity contribution < 1.29 is 9.53 Å². The van der Waals surface area contributed by atoms with E-state index in [0.29, 0.717) is 6.54 Å². The predicted molar refractivity (Wildman–Crippen MR) is 81.9 cm³/mol. The van der Waals surface area contributed by atoms with Gasteiger partial charge in [0.2, 0.25) is 0 Å². The van der Waals surface area contributed by atoms with Crippen LogP contribution in [0.3, 0.4) is 0 Å². The minimum absolute atomic E-state index is 0.114. The van der Waals surface area contributed by atoms with E-state index in [2.05, 4.69) is 11.4 Å². The second kappa shape index (κ2) is 6.75. The summed E-state index contributed by atoms with van der Waals surface area (Å²) in [5, 5.41) is 2.91. The van der Waals surface area contributed by atoms with E-state index in [4.69, 9.17) is 10.5 Å². The molecule has 0 spiro atoms. The molecule has 1 aromatic rings. The first kappa shape index (κ1) is 16.5. The second-order valence-corrected chi connectivity index (χ2v) is 6.15. The molecule has 20 heavy (non-hydrogen) atoms. The molecule has 0 saturated carbocycles. The van der Waals surface area contributed by atoms with Gasteiger partial charge >= 0.3 is 0 Å². The summed E-state index contributed by atoms with van der Waals surface area (Å²) in [6, 6.07) is 5.93. The number of rotatable bonds is 5. The van der Waals surface area contributed by atoms with E-state index < -0.39 is 6.10 Å². The first-order valence-corrected chi connectivity index (χ1v) is 7.01. The summed E-state index contributed by atoms with van der Waals surface area (Å²) in [6.45, 7) is 10.2. The van der Waals surface area contributed by atoms with Gasteiger partial charge in [0.05, 0.1) is 0 Å². The van der Waals surface area contributed by atoms with Crippen LogP contribution in [0.5, 0.6) is 5.75 Å². The van der Waals surface area contributed by atoms with E-state index in [1.54, 1.807) is 6.92 Å². The largest absolute Gasteiger partial charge is 0.481 e. The highest BCUT2D eigenvalue weighted by atomic mass is 16.5. The predicted octanol–water partition coefficient (Wildman–Crippen LogP) is 2.18. The number of hydrogen-bond acceptors (Lipinski definition) is 3. The fraction of sp³-hybridized carbons (Fsp3) is 0.562. The zero-order valence-corrected chi connectivity index (χ0v) is 13.1. The Morgan fingerprint density at radius 1 is 1.40 bits per heavy atom. The summed E-state index contributed by atoms with van der Waals surface area (Å²) in [5.41, 5.74) is 7.56. The van der Waals surface area contributed by atoms with Gasteiger partial charge in [0, 0.05) is 5.54 Å². The average Bonchev–Trinajstić information content (AvgIpc) is 2.30. The molecule has 4 nitrogen and oxygen atoms in total. The molecule has 3 N–H and O–H groups in total. The minimum Gasteiger partial charge on any atom is -0.481 e. The van der Waals surface area contributed by atoms with Crippen molar-refractivity contribution in [3.63, 3.8) is 0 Å². The van der Waals surface area contributed by atoms with Gasteiger partial charge in [-0.2, -0.15) is 0 Å². The highest BCUT2D eigenvalue weighted by molar-refractivity contribution is 5.81. The Morgan fingerprint density at radius 2 is 2.05 bits per heavy atom. The minimum atomic E-state index is -0.534. The zero-order valence-electron chi connectivity index (χ0n) is 13.1. The molecule has 4 heteroatoms. The summed E-state index contributed by atoms with van der Waals surface area (Å²) in [7, 11) is 0. The van der Waals surface area contributed by atoms with Crippen molar-refractivity contribution in [3.8, 4) is 5.75 Å². The average molecular weight is 278 g/mol. The molecule has 1 aromatic carbocycles. The van der Waals surface area contributed by atoms with Crippen molar-refractivity contribution >= 4 is 5.91 Å². The molecular weight excluding hydrogens is 252 g/mol. The summed E-state index contributed by atoms with van der Waals surface area (Å²) in [6.07, 6.45) is 0.207. The fourth-order valence-corrected chi connectivity index (χ4v) is 1.89. The fourth-order valence-electron chi connectivity index (χ4n) is 1.89. The van der Waals surface area contributed by atoms with Gasteiger partial charge in [0.25, 0.3) is 5.91 Å². The van der Waals surface area contributed by atoms with E-state index in [9.17, 15) is 4.79 Å². The van der Waals surface area contributed by atoms with E-state index in [-0.39, 0.29) is 11.4 Å². The summed E-state index contributed by atoms with van der Waals surface area (Å²) >= 11 is 0. The lowest BCUT2D eigenvalue weighted by atomic mass is 10.1. The van der Waals surface area contributed by atoms with Crippen LogP contribution in [0.15, 0.2) is 18.2 Å². The molecule has 1 unspecified atom stereocenters. The van der Waals surface area contributed by atoms with Gasteiger partial charge in [0.15, 0.2) is 6.10 Å². The summed E-state index contributed by atoms with van der Waals surface area (Å²) in [5.74, 6) is 0.620. The van der Waals surface area contributed by atoms with Crippen LogP contribution in [0.2, 0.25) is 0 Å². The number of benzene rings is 1. The first-order valence-electron chi connectivity index (χ1n) is 7.01. The van der Waals surface area contributed by atoms with Gasteiger partial charge in [-0.25, -0.2) is 0 Å². The SMILES string of the molecule is Cc1ccc(OC(C)C(=O)NC(C)(C)C)c(CCN)c1. The molecule has 1 amide bonds. The van der Waals surface area contributed by atoms with Crippen LogP contribution >= 0.6 is 0 Å². The molecule has 0 aliphatic rings. The molecule has 0 saturated heterocycles. The molecule has 0 heterocycles. The van der Waals surface area contributed by atoms with Crippen LogP contribution in [0.25, 0.3) is 0 Å². The maximum atomic E-state index is 12.0. The third kappa shape index (κ3) is 5.21. The lowest BCUT2D eigenvalue weighted by molar-refractivity contribution is -0.128. The zero-order chi connectivity index (χ0) is 15.3. The monoisotopic (exact) mass is 278 g/mol. The quantitative estimate of drug-likeness (QED) is 0.867. The van der Waals surface area contributed by atoms with Gasteiger partial charge < -0.3 is 15.8 Å². The summed E-state index contributed by atoms with van der Waals surface area (Å²) < 4.78 is 5.79. The molecule has 1 atom stereocenters. The van der Waals surface area contributed by atoms with Gasteiger partial charge in [-0.3, -0.25) is 4.79 Å². The third-order valence-corrected chi connectivity index (χ3v) is 2.80. The van der Waals surface area contributed by atoms with Crippen molar-refractivity contribution in [2.75, 3.05) is 6.54 Å². The van der Waals surface area contributed by atoms with Crippen LogP contribution in [0.1, 0.15) is 38.8 Å². The molecule has 1 rings (SSSR count). The van der Waals surface area contributed by atoms with Gasteiger partial charge in [-0.15, -0.1) is 0 Å². The highest BCUT2D eigenvalue weighted by Gasteiger charge is 2.21. The number of nitrogens with two attached hydrogens (primary N) is 1. The van der Waals surface area contributed by atoms with Gasteiger partial charge in [-0.05, 0) is 59.2 Å². The van der Waals surface area contributed by atoms with E-state index in [0.717, 1.165) is 23.3 Å². The lowest BCUT2D eigenvalue weighted by Gasteiger charge is -2.24. The topological polar surface area (TPSA) is 64.3 Å². The Hall–Kier alpha value is -1.55. The normalized spacial score (nSPS) is 12.9. The number of carbonyl (C=O) groups excluding carboxylic acids is 1. The van der Waals surface area contributed by atoms with Crippen molar-refractivity contribution in [1.29, 1.82) is 0 Å². The molecule has 0 fully saturated rings. The number of aryl methyl sites for hydroxylation is 1. The van der Waals surface area contributed by atoms with E-state index in [1.807, 2.05) is 39.8 Å². The summed E-state index contributed by atoms with van der Waals surface area (Å²) in [4.78, 5) is 12.0. The van der Waals surface area contributed by atoms with Gasteiger partial charge in [-0.1, -0.05) is 17.7 Å². The standard InChI is InChI=1S/C16H26N2O2/c1-11-6-7-14(13(10-11)8-9-17)20-12(2)15(19)18-16(3,4)5/h6-7,10,12H,8-9,17H2,1-5H3,(H,18,19). The molecule has 0 radical (unpaired) electrons. The Morgan fingerprint density at radius 3 is 2.60 bits per heavy atom. The number of ether oxygens (including phenoxy) is 1. The smallest absolute Gasteiger partial charge is 0.261 e. The lowest BCUT2D eigenvalue weighted by Crippen LogP contribution is -2.46. The third-order valence-electron chi connectivity index (χ3n) is 2.80. The van der Waals surface area contributed by atoms with Crippen molar-refractivity contribution in [3.05, 3.63) is 29.3 Å². The Labute approximate surface area is 121 Å². The molecule has 0 aliphatic carbocycles. The molecule has 112 valence electrons. The molecular formula is C16H26N2O2. The van der Waals surface area contributed by atoms with Crippen LogP contribution in [-0.2, 0) is 11.2 Å². The van der Waals surface area contributed by atoms with Crippen molar-refractivity contribution in [2.45, 2.75) is 52.7 Å². The van der Waals surface area contributed by atoms with Gasteiger partial charge in [0.1, 0.15) is 5.75 Å². The first-order chi connectivity index (χ1) is 9.23. The number of nitrogens with one attached hydrogen (secondary N) is 1. The van der Waals surface area contributed by atoms with E-state index in [1.165, 1.54) is 0 Å². The Kier molecular flexibility index (Phi) is 5.57. The second-order valence-electron chi connectivity index (χ2n) is 6.15. The molecule has 0 bridgehead atoms. The highest BCUT2D eigenvalue weighted by Crippen LogP contribution is 2.21. The Balaban J connectivity index is 2.79. The van der Waals surface area contributed by atoms with Crippen molar-refractivity contribution in [2.24, 2.45) is 5.73 Å². The van der Waals surface area contributed by atoms with E-state index >= 15 is 0 Å². The van der Waals surface area contributed by atoms with Crippen LogP contribution in [-0.4, -0.2) is 24.1 Å². The van der Waals surface area contributed by atoms with Crippen molar-refractivity contribution in [1.82, 2.24) is 5.32 Å². The maximum absolute atomic E-state index is 12.0. The number of hydrogen-bond donors (Lipinski definition) is 2. The van der Waals surface area contributed by atoms with Crippen LogP contribution in [0.4, 0.5) is 0 Å². The van der Waals surface area contributed by atoms with Crippen LogP contribution < -0.4 is 15.8 Å². The van der Waals surface area contributed by atoms with Crippen LogP contribution in [0, 0.1) is 6.92 Å².